The van der Waals surface area contributed by atoms with Crippen molar-refractivity contribution in [2.24, 2.45) is 4.99 Å². The largest absolute Gasteiger partial charge is 0.357 e. The summed E-state index contributed by atoms with van der Waals surface area (Å²) in [7, 11) is 0. The molecular weight excluding hydrogens is 304 g/mol. The smallest absolute Gasteiger partial charge is 0.191 e. The van der Waals surface area contributed by atoms with E-state index in [0.29, 0.717) is 12.5 Å². The fourth-order valence-electron chi connectivity index (χ4n) is 2.31. The maximum Gasteiger partial charge on any atom is 0.191 e. The van der Waals surface area contributed by atoms with Gasteiger partial charge in [-0.15, -0.1) is 11.3 Å². The molecule has 2 aromatic rings. The van der Waals surface area contributed by atoms with Crippen molar-refractivity contribution in [2.45, 2.75) is 40.2 Å². The van der Waals surface area contributed by atoms with Crippen LogP contribution in [0.3, 0.4) is 0 Å². The maximum atomic E-state index is 4.66. The highest BCUT2D eigenvalue weighted by molar-refractivity contribution is 7.09. The Kier molecular flexibility index (Phi) is 6.59. The van der Waals surface area contributed by atoms with Crippen LogP contribution in [-0.2, 0) is 6.54 Å². The van der Waals surface area contributed by atoms with E-state index >= 15 is 0 Å². The number of nitrogens with one attached hydrogen (secondary N) is 2. The number of hydrogen-bond donors (Lipinski definition) is 2. The number of aliphatic imine (C=N–C) groups is 1. The average Bonchev–Trinajstić information content (AvgIpc) is 2.95. The number of nitrogens with zero attached hydrogens (tertiary/aromatic N) is 2. The molecule has 1 aromatic carbocycles. The molecule has 1 unspecified atom stereocenters. The van der Waals surface area contributed by atoms with Gasteiger partial charge >= 0.3 is 0 Å². The molecule has 1 aromatic heterocycles. The highest BCUT2D eigenvalue weighted by Crippen LogP contribution is 2.16. The van der Waals surface area contributed by atoms with Crippen LogP contribution in [0.4, 0.5) is 0 Å². The number of hydrogen-bond acceptors (Lipinski definition) is 3. The molecule has 0 bridgehead atoms. The number of aryl methyl sites for hydroxylation is 2. The van der Waals surface area contributed by atoms with Gasteiger partial charge in [-0.25, -0.2) is 9.98 Å². The Bertz CT molecular complexity index is 648. The van der Waals surface area contributed by atoms with Crippen molar-refractivity contribution < 1.29 is 0 Å². The number of aromatic nitrogens is 1. The Labute approximate surface area is 143 Å². The van der Waals surface area contributed by atoms with Crippen LogP contribution < -0.4 is 10.6 Å². The van der Waals surface area contributed by atoms with Gasteiger partial charge in [-0.2, -0.15) is 0 Å². The van der Waals surface area contributed by atoms with E-state index in [1.807, 2.05) is 12.4 Å². The summed E-state index contributed by atoms with van der Waals surface area (Å²) in [6.45, 7) is 10.9. The Balaban J connectivity index is 1.95. The third kappa shape index (κ3) is 5.36. The van der Waals surface area contributed by atoms with Crippen molar-refractivity contribution in [2.75, 3.05) is 13.1 Å². The first-order valence-corrected chi connectivity index (χ1v) is 8.95. The van der Waals surface area contributed by atoms with Gasteiger partial charge in [0.2, 0.25) is 0 Å². The van der Waals surface area contributed by atoms with Crippen LogP contribution in [-0.4, -0.2) is 24.0 Å². The SMILES string of the molecule is CCNC(=NCc1scnc1C)NCC(C)c1cccc(C)c1. The van der Waals surface area contributed by atoms with E-state index in [9.17, 15) is 0 Å². The van der Waals surface area contributed by atoms with E-state index in [0.717, 1.165) is 24.7 Å². The Morgan fingerprint density at radius 1 is 1.30 bits per heavy atom. The molecule has 0 aliphatic heterocycles. The van der Waals surface area contributed by atoms with E-state index in [1.54, 1.807) is 11.3 Å². The lowest BCUT2D eigenvalue weighted by atomic mass is 9.99. The van der Waals surface area contributed by atoms with Gasteiger partial charge < -0.3 is 10.6 Å². The summed E-state index contributed by atoms with van der Waals surface area (Å²) in [5, 5.41) is 6.75. The predicted octanol–water partition coefficient (Wildman–Crippen LogP) is 3.62. The highest BCUT2D eigenvalue weighted by Gasteiger charge is 2.07. The topological polar surface area (TPSA) is 49.3 Å². The Hall–Kier alpha value is -1.88. The molecule has 1 atom stereocenters. The monoisotopic (exact) mass is 330 g/mol. The van der Waals surface area contributed by atoms with E-state index in [2.05, 4.69) is 65.6 Å². The molecule has 4 nitrogen and oxygen atoms in total. The summed E-state index contributed by atoms with van der Waals surface area (Å²) >= 11 is 1.66. The van der Waals surface area contributed by atoms with Crippen LogP contribution in [0.15, 0.2) is 34.8 Å². The summed E-state index contributed by atoms with van der Waals surface area (Å²) in [4.78, 5) is 10.2. The second-order valence-corrected chi connectivity index (χ2v) is 6.69. The first-order chi connectivity index (χ1) is 11.1. The van der Waals surface area contributed by atoms with E-state index < -0.39 is 0 Å². The van der Waals surface area contributed by atoms with Crippen molar-refractivity contribution >= 4 is 17.3 Å². The lowest BCUT2D eigenvalue weighted by Gasteiger charge is -2.16. The van der Waals surface area contributed by atoms with Crippen molar-refractivity contribution in [3.05, 3.63) is 51.5 Å². The van der Waals surface area contributed by atoms with Gasteiger partial charge in [0, 0.05) is 18.0 Å². The zero-order chi connectivity index (χ0) is 16.7. The molecule has 23 heavy (non-hydrogen) atoms. The molecule has 0 fully saturated rings. The fraction of sp³-hybridized carbons (Fsp3) is 0.444. The van der Waals surface area contributed by atoms with Crippen LogP contribution in [0.1, 0.15) is 41.5 Å². The van der Waals surface area contributed by atoms with Gasteiger partial charge in [0.25, 0.3) is 0 Å². The molecule has 0 spiro atoms. The van der Waals surface area contributed by atoms with Gasteiger partial charge in [0.15, 0.2) is 5.96 Å². The van der Waals surface area contributed by atoms with Crippen molar-refractivity contribution in [1.29, 1.82) is 0 Å². The fourth-order valence-corrected chi connectivity index (χ4v) is 3.02. The molecule has 2 rings (SSSR count). The van der Waals surface area contributed by atoms with Crippen LogP contribution in [0.25, 0.3) is 0 Å². The number of guanidine groups is 1. The molecule has 124 valence electrons. The third-order valence-corrected chi connectivity index (χ3v) is 4.68. The molecular formula is C18H26N4S. The standard InChI is InChI=1S/C18H26N4S/c1-5-19-18(21-11-17-15(4)22-12-23-17)20-10-14(3)16-8-6-7-13(2)9-16/h6-9,12,14H,5,10-11H2,1-4H3,(H2,19,20,21). The summed E-state index contributed by atoms with van der Waals surface area (Å²) in [6, 6.07) is 8.68. The van der Waals surface area contributed by atoms with E-state index in [-0.39, 0.29) is 0 Å². The first kappa shape index (κ1) is 17.5. The maximum absolute atomic E-state index is 4.66. The zero-order valence-corrected chi connectivity index (χ0v) is 15.2. The Morgan fingerprint density at radius 2 is 2.13 bits per heavy atom. The molecule has 0 aliphatic carbocycles. The third-order valence-electron chi connectivity index (χ3n) is 3.76. The normalized spacial score (nSPS) is 13.0. The minimum Gasteiger partial charge on any atom is -0.357 e. The van der Waals surface area contributed by atoms with Crippen molar-refractivity contribution in [3.8, 4) is 0 Å². The molecule has 1 heterocycles. The number of thiazole rings is 1. The molecule has 0 radical (unpaired) electrons. The second-order valence-electron chi connectivity index (χ2n) is 5.75. The summed E-state index contributed by atoms with van der Waals surface area (Å²) in [5.41, 5.74) is 5.60. The van der Waals surface area contributed by atoms with E-state index in [1.165, 1.54) is 16.0 Å². The predicted molar refractivity (Wildman–Crippen MR) is 99.3 cm³/mol. The highest BCUT2D eigenvalue weighted by atomic mass is 32.1. The van der Waals surface area contributed by atoms with Gasteiger partial charge in [0.1, 0.15) is 0 Å². The lowest BCUT2D eigenvalue weighted by molar-refractivity contribution is 0.699. The van der Waals surface area contributed by atoms with Gasteiger partial charge in [0.05, 0.1) is 17.7 Å². The minimum atomic E-state index is 0.434. The van der Waals surface area contributed by atoms with Crippen LogP contribution in [0, 0.1) is 13.8 Å². The second kappa shape index (κ2) is 8.67. The molecule has 2 N–H and O–H groups in total. The first-order valence-electron chi connectivity index (χ1n) is 8.07. The molecule has 0 saturated carbocycles. The molecule has 0 aliphatic rings. The Morgan fingerprint density at radius 3 is 2.78 bits per heavy atom. The quantitative estimate of drug-likeness (QED) is 0.628. The summed E-state index contributed by atoms with van der Waals surface area (Å²) in [5.74, 6) is 1.30. The number of rotatable bonds is 6. The lowest BCUT2D eigenvalue weighted by Crippen LogP contribution is -2.39. The molecule has 0 amide bonds. The minimum absolute atomic E-state index is 0.434. The van der Waals surface area contributed by atoms with Crippen molar-refractivity contribution in [1.82, 2.24) is 15.6 Å². The van der Waals surface area contributed by atoms with E-state index in [4.69, 9.17) is 0 Å². The zero-order valence-electron chi connectivity index (χ0n) is 14.4. The average molecular weight is 331 g/mol. The van der Waals surface area contributed by atoms with Crippen LogP contribution in [0.2, 0.25) is 0 Å². The molecule has 0 saturated heterocycles. The van der Waals surface area contributed by atoms with Crippen LogP contribution in [0.5, 0.6) is 0 Å². The number of benzene rings is 1. The van der Waals surface area contributed by atoms with Gasteiger partial charge in [-0.05, 0) is 32.3 Å². The van der Waals surface area contributed by atoms with Crippen LogP contribution >= 0.6 is 11.3 Å². The summed E-state index contributed by atoms with van der Waals surface area (Å²) < 4.78 is 0. The molecule has 5 heteroatoms. The van der Waals surface area contributed by atoms with Gasteiger partial charge in [-0.3, -0.25) is 0 Å². The summed E-state index contributed by atoms with van der Waals surface area (Å²) in [6.07, 6.45) is 0. The van der Waals surface area contributed by atoms with Gasteiger partial charge in [-0.1, -0.05) is 36.8 Å². The van der Waals surface area contributed by atoms with Crippen molar-refractivity contribution in [3.63, 3.8) is 0 Å².